The first-order chi connectivity index (χ1) is 11.5. The van der Waals surface area contributed by atoms with Crippen LogP contribution >= 0.6 is 11.3 Å². The van der Waals surface area contributed by atoms with E-state index in [2.05, 4.69) is 16.3 Å². The second kappa shape index (κ2) is 8.81. The molecule has 6 nitrogen and oxygen atoms in total. The Morgan fingerprint density at radius 1 is 1.46 bits per heavy atom. The Labute approximate surface area is 146 Å². The van der Waals surface area contributed by atoms with Gasteiger partial charge in [0.15, 0.2) is 0 Å². The summed E-state index contributed by atoms with van der Waals surface area (Å²) >= 11 is 1.39. The second-order valence-electron chi connectivity index (χ2n) is 5.83. The molecule has 1 N–H and O–H groups in total. The van der Waals surface area contributed by atoms with E-state index in [1.165, 1.54) is 11.3 Å². The molecule has 0 radical (unpaired) electrons. The van der Waals surface area contributed by atoms with Crippen molar-refractivity contribution in [1.29, 1.82) is 5.26 Å². The number of rotatable bonds is 6. The van der Waals surface area contributed by atoms with Crippen molar-refractivity contribution in [3.05, 3.63) is 16.5 Å². The number of thiophene rings is 1. The Morgan fingerprint density at radius 2 is 2.17 bits per heavy atom. The quantitative estimate of drug-likeness (QED) is 0.799. The van der Waals surface area contributed by atoms with Gasteiger partial charge in [-0.25, -0.2) is 4.79 Å². The van der Waals surface area contributed by atoms with Crippen LogP contribution in [0, 0.1) is 24.2 Å². The average molecular weight is 349 g/mol. The smallest absolute Gasteiger partial charge is 0.341 e. The number of amides is 1. The molecule has 1 saturated heterocycles. The lowest BCUT2D eigenvalue weighted by Gasteiger charge is -2.30. The van der Waals surface area contributed by atoms with Crippen molar-refractivity contribution in [3.8, 4) is 6.07 Å². The number of piperidine rings is 1. The van der Waals surface area contributed by atoms with E-state index in [1.54, 1.807) is 13.0 Å². The summed E-state index contributed by atoms with van der Waals surface area (Å²) in [6.45, 7) is 6.39. The van der Waals surface area contributed by atoms with Gasteiger partial charge in [0.1, 0.15) is 5.00 Å². The second-order valence-corrected chi connectivity index (χ2v) is 7.09. The number of esters is 1. The summed E-state index contributed by atoms with van der Waals surface area (Å²) in [6.07, 6.45) is 2.07. The van der Waals surface area contributed by atoms with Crippen molar-refractivity contribution >= 4 is 28.2 Å². The summed E-state index contributed by atoms with van der Waals surface area (Å²) in [5.74, 6) is -0.494. The van der Waals surface area contributed by atoms with Gasteiger partial charge in [-0.05, 0) is 45.8 Å². The number of carbonyl (C=O) groups is 2. The van der Waals surface area contributed by atoms with Gasteiger partial charge in [0.05, 0.1) is 18.2 Å². The third-order valence-electron chi connectivity index (χ3n) is 4.09. The van der Waals surface area contributed by atoms with E-state index < -0.39 is 5.97 Å². The zero-order valence-electron chi connectivity index (χ0n) is 14.1. The number of hydrogen-bond donors (Lipinski definition) is 1. The molecule has 0 aliphatic carbocycles. The van der Waals surface area contributed by atoms with Gasteiger partial charge in [-0.1, -0.05) is 0 Å². The predicted molar refractivity (Wildman–Crippen MR) is 93.0 cm³/mol. The van der Waals surface area contributed by atoms with Crippen LogP contribution in [0.4, 0.5) is 5.00 Å². The van der Waals surface area contributed by atoms with E-state index in [0.717, 1.165) is 37.4 Å². The Kier molecular flexibility index (Phi) is 6.76. The number of anilines is 1. The lowest BCUT2D eigenvalue weighted by Crippen LogP contribution is -2.38. The normalized spacial score (nSPS) is 15.7. The molecule has 2 heterocycles. The standard InChI is InChI=1S/C17H23N3O3S/c1-3-23-17(22)14-11-12(2)24-16(14)19-15(21)13-5-9-20(10-6-13)8-4-7-18/h11,13H,3-6,8-10H2,1-2H3,(H,19,21). The summed E-state index contributed by atoms with van der Waals surface area (Å²) in [5.41, 5.74) is 0.430. The van der Waals surface area contributed by atoms with Gasteiger partial charge in [-0.2, -0.15) is 5.26 Å². The highest BCUT2D eigenvalue weighted by Gasteiger charge is 2.26. The highest BCUT2D eigenvalue weighted by molar-refractivity contribution is 7.16. The molecule has 24 heavy (non-hydrogen) atoms. The van der Waals surface area contributed by atoms with Crippen LogP contribution in [0.15, 0.2) is 6.07 Å². The maximum Gasteiger partial charge on any atom is 0.341 e. The Bertz CT molecular complexity index is 628. The van der Waals surface area contributed by atoms with Gasteiger partial charge < -0.3 is 15.0 Å². The molecule has 1 fully saturated rings. The highest BCUT2D eigenvalue weighted by Crippen LogP contribution is 2.29. The molecule has 0 aromatic carbocycles. The first-order valence-electron chi connectivity index (χ1n) is 8.22. The van der Waals surface area contributed by atoms with Crippen molar-refractivity contribution in [2.45, 2.75) is 33.1 Å². The summed E-state index contributed by atoms with van der Waals surface area (Å²) in [7, 11) is 0. The predicted octanol–water partition coefficient (Wildman–Crippen LogP) is 2.80. The Balaban J connectivity index is 1.94. The molecule has 2 rings (SSSR count). The minimum atomic E-state index is -0.400. The largest absolute Gasteiger partial charge is 0.462 e. The Hall–Kier alpha value is -1.91. The summed E-state index contributed by atoms with van der Waals surface area (Å²) in [5, 5.41) is 12.1. The van der Waals surface area contributed by atoms with Gasteiger partial charge in [-0.3, -0.25) is 4.79 Å². The molecule has 1 aliphatic heterocycles. The average Bonchev–Trinajstić information content (AvgIpc) is 2.94. The fraction of sp³-hybridized carbons (Fsp3) is 0.588. The number of carbonyl (C=O) groups excluding carboxylic acids is 2. The number of aryl methyl sites for hydroxylation is 1. The zero-order valence-corrected chi connectivity index (χ0v) is 14.9. The fourth-order valence-corrected chi connectivity index (χ4v) is 3.71. The van der Waals surface area contributed by atoms with Crippen LogP contribution in [0.2, 0.25) is 0 Å². The molecular formula is C17H23N3O3S. The first kappa shape index (κ1) is 18.4. The lowest BCUT2D eigenvalue weighted by molar-refractivity contribution is -0.121. The van der Waals surface area contributed by atoms with Crippen molar-refractivity contribution in [2.75, 3.05) is 31.6 Å². The summed E-state index contributed by atoms with van der Waals surface area (Å²) in [6, 6.07) is 3.90. The molecule has 0 unspecified atom stereocenters. The Morgan fingerprint density at radius 3 is 2.79 bits per heavy atom. The third-order valence-corrected chi connectivity index (χ3v) is 5.05. The third kappa shape index (κ3) is 4.79. The highest BCUT2D eigenvalue weighted by atomic mass is 32.1. The van der Waals surface area contributed by atoms with Gasteiger partial charge in [0.25, 0.3) is 0 Å². The maximum absolute atomic E-state index is 12.5. The van der Waals surface area contributed by atoms with E-state index in [1.807, 2.05) is 6.92 Å². The van der Waals surface area contributed by atoms with Gasteiger partial charge in [0.2, 0.25) is 5.91 Å². The van der Waals surface area contributed by atoms with E-state index in [4.69, 9.17) is 10.00 Å². The SMILES string of the molecule is CCOC(=O)c1cc(C)sc1NC(=O)C1CCN(CCC#N)CC1. The van der Waals surface area contributed by atoms with Crippen LogP contribution in [0.1, 0.15) is 41.4 Å². The molecule has 130 valence electrons. The monoisotopic (exact) mass is 349 g/mol. The molecule has 1 amide bonds. The van der Waals surface area contributed by atoms with E-state index in [-0.39, 0.29) is 11.8 Å². The summed E-state index contributed by atoms with van der Waals surface area (Å²) in [4.78, 5) is 27.7. The number of nitrogens with one attached hydrogen (secondary N) is 1. The minimum absolute atomic E-state index is 0.0395. The summed E-state index contributed by atoms with van der Waals surface area (Å²) < 4.78 is 5.04. The van der Waals surface area contributed by atoms with Gasteiger partial charge in [0, 0.05) is 23.8 Å². The van der Waals surface area contributed by atoms with Crippen LogP contribution in [-0.2, 0) is 9.53 Å². The molecule has 0 bridgehead atoms. The van der Waals surface area contributed by atoms with Crippen molar-refractivity contribution in [3.63, 3.8) is 0 Å². The topological polar surface area (TPSA) is 82.4 Å². The van der Waals surface area contributed by atoms with Crippen LogP contribution < -0.4 is 5.32 Å². The molecular weight excluding hydrogens is 326 g/mol. The van der Waals surface area contributed by atoms with Crippen molar-refractivity contribution in [2.24, 2.45) is 5.92 Å². The number of nitriles is 1. The van der Waals surface area contributed by atoms with Gasteiger partial charge >= 0.3 is 5.97 Å². The molecule has 7 heteroatoms. The zero-order chi connectivity index (χ0) is 17.5. The van der Waals surface area contributed by atoms with E-state index in [0.29, 0.717) is 23.6 Å². The molecule has 0 saturated carbocycles. The lowest BCUT2D eigenvalue weighted by atomic mass is 9.96. The van der Waals surface area contributed by atoms with Crippen LogP contribution in [-0.4, -0.2) is 43.0 Å². The fourth-order valence-electron chi connectivity index (χ4n) is 2.81. The molecule has 1 aromatic heterocycles. The van der Waals surface area contributed by atoms with Crippen LogP contribution in [0.25, 0.3) is 0 Å². The number of likely N-dealkylation sites (tertiary alicyclic amines) is 1. The van der Waals surface area contributed by atoms with Crippen LogP contribution in [0.3, 0.4) is 0 Å². The minimum Gasteiger partial charge on any atom is -0.462 e. The molecule has 1 aliphatic rings. The molecule has 1 aromatic rings. The first-order valence-corrected chi connectivity index (χ1v) is 9.04. The van der Waals surface area contributed by atoms with Gasteiger partial charge in [-0.15, -0.1) is 11.3 Å². The molecule has 0 spiro atoms. The van der Waals surface area contributed by atoms with Crippen molar-refractivity contribution in [1.82, 2.24) is 4.90 Å². The number of nitrogens with zero attached hydrogens (tertiary/aromatic N) is 2. The maximum atomic E-state index is 12.5. The van der Waals surface area contributed by atoms with Crippen LogP contribution in [0.5, 0.6) is 0 Å². The van der Waals surface area contributed by atoms with E-state index >= 15 is 0 Å². The number of ether oxygens (including phenoxy) is 1. The molecule has 0 atom stereocenters. The van der Waals surface area contributed by atoms with E-state index in [9.17, 15) is 9.59 Å². The van der Waals surface area contributed by atoms with Crippen molar-refractivity contribution < 1.29 is 14.3 Å². The number of hydrogen-bond acceptors (Lipinski definition) is 6.